The summed E-state index contributed by atoms with van der Waals surface area (Å²) in [5.74, 6) is 0. The Morgan fingerprint density at radius 3 is 2.64 bits per heavy atom. The minimum Gasteiger partial charge on any atom is -0.307 e. The number of benzene rings is 1. The lowest BCUT2D eigenvalue weighted by Gasteiger charge is -2.12. The van der Waals surface area contributed by atoms with Crippen molar-refractivity contribution in [2.24, 2.45) is 0 Å². The smallest absolute Gasteiger partial charge is 0.0294 e. The summed E-state index contributed by atoms with van der Waals surface area (Å²) in [6.07, 6.45) is 1.89. The highest BCUT2D eigenvalue weighted by Crippen LogP contribution is 2.16. The van der Waals surface area contributed by atoms with E-state index in [1.165, 1.54) is 11.1 Å². The highest BCUT2D eigenvalue weighted by molar-refractivity contribution is 9.10. The summed E-state index contributed by atoms with van der Waals surface area (Å²) in [5, 5.41) is 3.33. The van der Waals surface area contributed by atoms with Crippen molar-refractivity contribution in [2.75, 3.05) is 6.54 Å². The molecule has 0 saturated carbocycles. The van der Waals surface area contributed by atoms with E-state index in [-0.39, 0.29) is 0 Å². The molecule has 0 saturated heterocycles. The maximum atomic E-state index is 5.43. The Balaban J connectivity index is 2.51. The quantitative estimate of drug-likeness (QED) is 0.879. The second-order valence-electron chi connectivity index (χ2n) is 3.04. The minimum absolute atomic E-state index is 0.343. The highest BCUT2D eigenvalue weighted by Gasteiger charge is 2.02. The van der Waals surface area contributed by atoms with Gasteiger partial charge in [-0.2, -0.15) is 0 Å². The topological polar surface area (TPSA) is 12.0 Å². The molecule has 0 radical (unpaired) electrons. The van der Waals surface area contributed by atoms with Crippen molar-refractivity contribution in [2.45, 2.75) is 13.0 Å². The second kappa shape index (κ2) is 6.23. The number of hydrogen-bond acceptors (Lipinski definition) is 1. The Bertz CT molecular complexity index is 295. The third kappa shape index (κ3) is 3.82. The van der Waals surface area contributed by atoms with Gasteiger partial charge in [-0.25, -0.2) is 0 Å². The fourth-order valence-electron chi connectivity index (χ4n) is 1.16. The average molecular weight is 275 g/mol. The number of rotatable bonds is 4. The molecule has 1 unspecified atom stereocenters. The first-order valence-electron chi connectivity index (χ1n) is 4.48. The van der Waals surface area contributed by atoms with Gasteiger partial charge in [0.2, 0.25) is 0 Å². The molecule has 0 spiro atoms. The zero-order valence-electron chi connectivity index (χ0n) is 8.00. The van der Waals surface area contributed by atoms with Gasteiger partial charge in [0, 0.05) is 22.6 Å². The monoisotopic (exact) mass is 273 g/mol. The summed E-state index contributed by atoms with van der Waals surface area (Å²) in [6, 6.07) is 8.64. The molecular formula is C11H13BrClN. The second-order valence-corrected chi connectivity index (χ2v) is 4.21. The predicted octanol–water partition coefficient (Wildman–Crippen LogP) is 3.85. The van der Waals surface area contributed by atoms with E-state index < -0.39 is 0 Å². The Morgan fingerprint density at radius 2 is 2.07 bits per heavy atom. The first kappa shape index (κ1) is 11.8. The van der Waals surface area contributed by atoms with Gasteiger partial charge in [0.05, 0.1) is 0 Å². The van der Waals surface area contributed by atoms with E-state index in [4.69, 9.17) is 11.6 Å². The molecule has 3 heteroatoms. The van der Waals surface area contributed by atoms with Gasteiger partial charge in [-0.3, -0.25) is 0 Å². The molecule has 0 fully saturated rings. The van der Waals surface area contributed by atoms with E-state index in [1.54, 1.807) is 0 Å². The van der Waals surface area contributed by atoms with Crippen molar-refractivity contribution in [3.8, 4) is 0 Å². The molecule has 0 heterocycles. The SMILES string of the molecule is CC(NC/C=C/Cl)c1ccc(Br)cc1. The van der Waals surface area contributed by atoms with Crippen LogP contribution in [0.2, 0.25) is 0 Å². The van der Waals surface area contributed by atoms with Crippen LogP contribution < -0.4 is 5.32 Å². The van der Waals surface area contributed by atoms with Crippen molar-refractivity contribution in [3.63, 3.8) is 0 Å². The molecule has 1 rings (SSSR count). The number of hydrogen-bond donors (Lipinski definition) is 1. The first-order valence-corrected chi connectivity index (χ1v) is 5.71. The Labute approximate surface area is 98.3 Å². The molecule has 0 bridgehead atoms. The normalized spacial score (nSPS) is 13.4. The van der Waals surface area contributed by atoms with E-state index in [9.17, 15) is 0 Å². The van der Waals surface area contributed by atoms with Crippen LogP contribution >= 0.6 is 27.5 Å². The third-order valence-electron chi connectivity index (χ3n) is 2.00. The van der Waals surface area contributed by atoms with Crippen molar-refractivity contribution in [3.05, 3.63) is 45.9 Å². The summed E-state index contributed by atoms with van der Waals surface area (Å²) >= 11 is 8.83. The molecule has 1 aromatic rings. The first-order chi connectivity index (χ1) is 6.74. The Kier molecular flexibility index (Phi) is 5.23. The number of halogens is 2. The number of nitrogens with one attached hydrogen (secondary N) is 1. The molecule has 1 atom stereocenters. The van der Waals surface area contributed by atoms with Gasteiger partial charge in [-0.15, -0.1) is 0 Å². The fraction of sp³-hybridized carbons (Fsp3) is 0.273. The molecule has 1 N–H and O–H groups in total. The van der Waals surface area contributed by atoms with E-state index in [1.807, 2.05) is 18.2 Å². The van der Waals surface area contributed by atoms with Crippen molar-refractivity contribution < 1.29 is 0 Å². The van der Waals surface area contributed by atoms with Crippen LogP contribution in [0.3, 0.4) is 0 Å². The van der Waals surface area contributed by atoms with Crippen molar-refractivity contribution >= 4 is 27.5 Å². The lowest BCUT2D eigenvalue weighted by atomic mass is 10.1. The van der Waals surface area contributed by atoms with Crippen LogP contribution in [0, 0.1) is 0 Å². The zero-order valence-corrected chi connectivity index (χ0v) is 10.3. The Hall–Kier alpha value is -0.310. The van der Waals surface area contributed by atoms with E-state index >= 15 is 0 Å². The van der Waals surface area contributed by atoms with Gasteiger partial charge in [-0.1, -0.05) is 45.7 Å². The average Bonchev–Trinajstić information content (AvgIpc) is 2.19. The van der Waals surface area contributed by atoms with Gasteiger partial charge in [0.15, 0.2) is 0 Å². The van der Waals surface area contributed by atoms with Crippen LogP contribution in [-0.4, -0.2) is 6.54 Å². The molecular weight excluding hydrogens is 261 g/mol. The Morgan fingerprint density at radius 1 is 1.43 bits per heavy atom. The maximum absolute atomic E-state index is 5.43. The predicted molar refractivity (Wildman–Crippen MR) is 65.6 cm³/mol. The molecule has 0 amide bonds. The van der Waals surface area contributed by atoms with Crippen LogP contribution in [0.25, 0.3) is 0 Å². The van der Waals surface area contributed by atoms with Crippen LogP contribution in [-0.2, 0) is 0 Å². The fourth-order valence-corrected chi connectivity index (χ4v) is 1.51. The third-order valence-corrected chi connectivity index (χ3v) is 2.71. The molecule has 0 aliphatic rings. The molecule has 1 nitrogen and oxygen atoms in total. The van der Waals surface area contributed by atoms with Crippen LogP contribution in [0.4, 0.5) is 0 Å². The van der Waals surface area contributed by atoms with Gasteiger partial charge in [0.25, 0.3) is 0 Å². The lowest BCUT2D eigenvalue weighted by Crippen LogP contribution is -2.18. The van der Waals surface area contributed by atoms with Crippen molar-refractivity contribution in [1.82, 2.24) is 5.32 Å². The largest absolute Gasteiger partial charge is 0.307 e. The van der Waals surface area contributed by atoms with E-state index in [2.05, 4.69) is 40.3 Å². The molecule has 0 aromatic heterocycles. The molecule has 76 valence electrons. The molecule has 14 heavy (non-hydrogen) atoms. The molecule has 0 aliphatic carbocycles. The van der Waals surface area contributed by atoms with Crippen LogP contribution in [0.5, 0.6) is 0 Å². The summed E-state index contributed by atoms with van der Waals surface area (Å²) < 4.78 is 1.11. The van der Waals surface area contributed by atoms with Gasteiger partial charge < -0.3 is 5.32 Å². The summed E-state index contributed by atoms with van der Waals surface area (Å²) in [5.41, 5.74) is 2.80. The minimum atomic E-state index is 0.343. The van der Waals surface area contributed by atoms with Gasteiger partial charge in [-0.05, 0) is 24.6 Å². The van der Waals surface area contributed by atoms with Crippen molar-refractivity contribution in [1.29, 1.82) is 0 Å². The zero-order chi connectivity index (χ0) is 10.4. The van der Waals surface area contributed by atoms with Crippen LogP contribution in [0.1, 0.15) is 18.5 Å². The lowest BCUT2D eigenvalue weighted by molar-refractivity contribution is 0.617. The van der Waals surface area contributed by atoms with Gasteiger partial charge >= 0.3 is 0 Å². The van der Waals surface area contributed by atoms with E-state index in [0.29, 0.717) is 6.04 Å². The highest BCUT2D eigenvalue weighted by atomic mass is 79.9. The molecule has 0 aliphatic heterocycles. The molecule has 1 aromatic carbocycles. The summed E-state index contributed by atoms with van der Waals surface area (Å²) in [7, 11) is 0. The van der Waals surface area contributed by atoms with E-state index in [0.717, 1.165) is 11.0 Å². The maximum Gasteiger partial charge on any atom is 0.0294 e. The standard InChI is InChI=1S/C11H13BrClN/c1-9(14-8-2-7-13)10-3-5-11(12)6-4-10/h2-7,9,14H,8H2,1H3/b7-2+. The van der Waals surface area contributed by atoms with Gasteiger partial charge in [0.1, 0.15) is 0 Å². The summed E-state index contributed by atoms with van der Waals surface area (Å²) in [6.45, 7) is 2.92. The summed E-state index contributed by atoms with van der Waals surface area (Å²) in [4.78, 5) is 0. The van der Waals surface area contributed by atoms with Crippen LogP contribution in [0.15, 0.2) is 40.3 Å².